The SMILES string of the molecule is O=C1NC(=O)C2(CC[C@@H](C(=O)OCc3ccccc3)C2)N1. The molecule has 3 amide bonds. The van der Waals surface area contributed by atoms with E-state index in [4.69, 9.17) is 4.74 Å². The lowest BCUT2D eigenvalue weighted by Crippen LogP contribution is -2.44. The fourth-order valence-corrected chi connectivity index (χ4v) is 2.94. The Morgan fingerprint density at radius 3 is 2.71 bits per heavy atom. The Morgan fingerprint density at radius 1 is 1.29 bits per heavy atom. The highest BCUT2D eigenvalue weighted by Gasteiger charge is 2.52. The van der Waals surface area contributed by atoms with E-state index in [1.54, 1.807) is 0 Å². The molecule has 21 heavy (non-hydrogen) atoms. The van der Waals surface area contributed by atoms with Crippen LogP contribution in [0.3, 0.4) is 0 Å². The van der Waals surface area contributed by atoms with Crippen molar-refractivity contribution >= 4 is 17.9 Å². The van der Waals surface area contributed by atoms with Crippen molar-refractivity contribution in [2.75, 3.05) is 0 Å². The van der Waals surface area contributed by atoms with Gasteiger partial charge in [-0.2, -0.15) is 0 Å². The number of imide groups is 1. The second kappa shape index (κ2) is 5.20. The van der Waals surface area contributed by atoms with E-state index in [2.05, 4.69) is 10.6 Å². The van der Waals surface area contributed by atoms with Gasteiger partial charge >= 0.3 is 12.0 Å². The van der Waals surface area contributed by atoms with E-state index in [1.807, 2.05) is 30.3 Å². The van der Waals surface area contributed by atoms with E-state index in [0.29, 0.717) is 19.3 Å². The lowest BCUT2D eigenvalue weighted by Gasteiger charge is -2.19. The number of urea groups is 1. The molecule has 0 bridgehead atoms. The number of amides is 3. The van der Waals surface area contributed by atoms with E-state index < -0.39 is 11.6 Å². The van der Waals surface area contributed by atoms with Gasteiger partial charge in [-0.3, -0.25) is 14.9 Å². The molecule has 6 nitrogen and oxygen atoms in total. The predicted molar refractivity (Wildman–Crippen MR) is 73.0 cm³/mol. The molecule has 1 aliphatic heterocycles. The standard InChI is InChI=1S/C15H16N2O4/c18-12(21-9-10-4-2-1-3-5-10)11-6-7-15(8-11)13(19)16-14(20)17-15/h1-5,11H,6-9H2,(H2,16,17,19,20)/t11-,15?/m1/s1. The van der Waals surface area contributed by atoms with Crippen LogP contribution >= 0.6 is 0 Å². The van der Waals surface area contributed by atoms with Gasteiger partial charge in [-0.25, -0.2) is 4.79 Å². The van der Waals surface area contributed by atoms with Gasteiger partial charge in [0, 0.05) is 0 Å². The third-order valence-corrected chi connectivity index (χ3v) is 4.09. The highest BCUT2D eigenvalue weighted by molar-refractivity contribution is 6.07. The molecule has 1 aromatic rings. The van der Waals surface area contributed by atoms with Crippen LogP contribution in [0.5, 0.6) is 0 Å². The summed E-state index contributed by atoms with van der Waals surface area (Å²) in [5.41, 5.74) is -0.00136. The number of hydrogen-bond acceptors (Lipinski definition) is 4. The molecular weight excluding hydrogens is 272 g/mol. The molecule has 2 N–H and O–H groups in total. The minimum Gasteiger partial charge on any atom is -0.461 e. The van der Waals surface area contributed by atoms with Crippen molar-refractivity contribution in [3.05, 3.63) is 35.9 Å². The number of esters is 1. The zero-order valence-electron chi connectivity index (χ0n) is 11.4. The van der Waals surface area contributed by atoms with Crippen LogP contribution in [0.1, 0.15) is 24.8 Å². The smallest absolute Gasteiger partial charge is 0.322 e. The van der Waals surface area contributed by atoms with E-state index in [1.165, 1.54) is 0 Å². The largest absolute Gasteiger partial charge is 0.461 e. The van der Waals surface area contributed by atoms with Crippen molar-refractivity contribution in [3.8, 4) is 0 Å². The Morgan fingerprint density at radius 2 is 2.05 bits per heavy atom. The van der Waals surface area contributed by atoms with Gasteiger partial charge < -0.3 is 10.1 Å². The molecule has 110 valence electrons. The van der Waals surface area contributed by atoms with Gasteiger partial charge in [0.2, 0.25) is 0 Å². The summed E-state index contributed by atoms with van der Waals surface area (Å²) in [4.78, 5) is 35.1. The van der Waals surface area contributed by atoms with Crippen LogP contribution in [0.4, 0.5) is 4.79 Å². The Labute approximate surface area is 121 Å². The molecule has 1 unspecified atom stereocenters. The summed E-state index contributed by atoms with van der Waals surface area (Å²) < 4.78 is 5.29. The summed E-state index contributed by atoms with van der Waals surface area (Å²) in [6.07, 6.45) is 1.31. The van der Waals surface area contributed by atoms with Crippen LogP contribution < -0.4 is 10.6 Å². The van der Waals surface area contributed by atoms with Crippen LogP contribution in [0.15, 0.2) is 30.3 Å². The zero-order chi connectivity index (χ0) is 14.9. The number of carbonyl (C=O) groups excluding carboxylic acids is 3. The van der Waals surface area contributed by atoms with Gasteiger partial charge in [-0.1, -0.05) is 30.3 Å². The van der Waals surface area contributed by atoms with E-state index in [9.17, 15) is 14.4 Å². The van der Waals surface area contributed by atoms with Gasteiger partial charge in [0.15, 0.2) is 0 Å². The van der Waals surface area contributed by atoms with Crippen LogP contribution in [-0.2, 0) is 20.9 Å². The first-order chi connectivity index (χ1) is 10.1. The predicted octanol–water partition coefficient (Wildman–Crippen LogP) is 1.11. The number of rotatable bonds is 3. The highest BCUT2D eigenvalue weighted by Crippen LogP contribution is 2.37. The molecule has 1 saturated heterocycles. The van der Waals surface area contributed by atoms with Crippen LogP contribution in [0.2, 0.25) is 0 Å². The second-order valence-electron chi connectivity index (χ2n) is 5.52. The second-order valence-corrected chi connectivity index (χ2v) is 5.52. The van der Waals surface area contributed by atoms with E-state index >= 15 is 0 Å². The zero-order valence-corrected chi connectivity index (χ0v) is 11.4. The quantitative estimate of drug-likeness (QED) is 0.644. The maximum Gasteiger partial charge on any atom is 0.322 e. The summed E-state index contributed by atoms with van der Waals surface area (Å²) in [7, 11) is 0. The molecule has 2 aliphatic rings. The maximum atomic E-state index is 12.1. The van der Waals surface area contributed by atoms with Crippen LogP contribution in [-0.4, -0.2) is 23.4 Å². The summed E-state index contributed by atoms with van der Waals surface area (Å²) in [6.45, 7) is 0.224. The van der Waals surface area contributed by atoms with Gasteiger partial charge in [-0.15, -0.1) is 0 Å². The molecule has 2 atom stereocenters. The Hall–Kier alpha value is -2.37. The van der Waals surface area contributed by atoms with Gasteiger partial charge in [0.25, 0.3) is 5.91 Å². The molecule has 1 aliphatic carbocycles. The lowest BCUT2D eigenvalue weighted by atomic mass is 9.96. The Balaban J connectivity index is 1.58. The lowest BCUT2D eigenvalue weighted by molar-refractivity contribution is -0.149. The van der Waals surface area contributed by atoms with Crippen molar-refractivity contribution < 1.29 is 19.1 Å². The van der Waals surface area contributed by atoms with Crippen LogP contribution in [0.25, 0.3) is 0 Å². The molecule has 3 rings (SSSR count). The molecule has 0 aromatic heterocycles. The molecule has 1 saturated carbocycles. The molecule has 2 fully saturated rings. The van der Waals surface area contributed by atoms with E-state index in [0.717, 1.165) is 5.56 Å². The molecule has 1 spiro atoms. The Bertz CT molecular complexity index is 587. The highest BCUT2D eigenvalue weighted by atomic mass is 16.5. The minimum atomic E-state index is -0.923. The minimum absolute atomic E-state index is 0.224. The van der Waals surface area contributed by atoms with Crippen molar-refractivity contribution in [1.82, 2.24) is 10.6 Å². The molecule has 0 radical (unpaired) electrons. The average molecular weight is 288 g/mol. The number of ether oxygens (including phenoxy) is 1. The summed E-state index contributed by atoms with van der Waals surface area (Å²) in [5, 5.41) is 4.86. The third kappa shape index (κ3) is 2.61. The summed E-state index contributed by atoms with van der Waals surface area (Å²) in [5.74, 6) is -1.01. The third-order valence-electron chi connectivity index (χ3n) is 4.09. The topological polar surface area (TPSA) is 84.5 Å². The number of nitrogens with one attached hydrogen (secondary N) is 2. The summed E-state index contributed by atoms with van der Waals surface area (Å²) in [6, 6.07) is 8.94. The van der Waals surface area contributed by atoms with Crippen molar-refractivity contribution in [2.24, 2.45) is 5.92 Å². The fourth-order valence-electron chi connectivity index (χ4n) is 2.94. The monoisotopic (exact) mass is 288 g/mol. The van der Waals surface area contributed by atoms with Crippen molar-refractivity contribution in [2.45, 2.75) is 31.4 Å². The number of hydrogen-bond donors (Lipinski definition) is 2. The first-order valence-electron chi connectivity index (χ1n) is 6.93. The fraction of sp³-hybridized carbons (Fsp3) is 0.400. The molecule has 1 heterocycles. The molecule has 6 heteroatoms. The summed E-state index contributed by atoms with van der Waals surface area (Å²) >= 11 is 0. The van der Waals surface area contributed by atoms with Gasteiger partial charge in [0.1, 0.15) is 12.1 Å². The average Bonchev–Trinajstić information content (AvgIpc) is 3.02. The first kappa shape index (κ1) is 13.6. The molecular formula is C15H16N2O4. The van der Waals surface area contributed by atoms with Crippen molar-refractivity contribution in [1.29, 1.82) is 0 Å². The van der Waals surface area contributed by atoms with E-state index in [-0.39, 0.29) is 24.4 Å². The normalized spacial score (nSPS) is 27.5. The van der Waals surface area contributed by atoms with Gasteiger partial charge in [0.05, 0.1) is 5.92 Å². The first-order valence-corrected chi connectivity index (χ1v) is 6.93. The Kier molecular flexibility index (Phi) is 3.37. The molecule has 1 aromatic carbocycles. The van der Waals surface area contributed by atoms with Crippen LogP contribution in [0, 0.1) is 5.92 Å². The van der Waals surface area contributed by atoms with Gasteiger partial charge in [-0.05, 0) is 24.8 Å². The van der Waals surface area contributed by atoms with Crippen molar-refractivity contribution in [3.63, 3.8) is 0 Å². The number of carbonyl (C=O) groups is 3. The maximum absolute atomic E-state index is 12.1. The number of benzene rings is 1.